The van der Waals surface area contributed by atoms with E-state index >= 15 is 0 Å². The Morgan fingerprint density at radius 3 is 2.85 bits per heavy atom. The molecule has 1 aliphatic carbocycles. The summed E-state index contributed by atoms with van der Waals surface area (Å²) >= 11 is 5.17. The maximum Gasteiger partial charge on any atom is 0.271 e. The van der Waals surface area contributed by atoms with Gasteiger partial charge in [-0.1, -0.05) is 19.1 Å². The fraction of sp³-hybridized carbons (Fsp3) is 0.562. The third-order valence-electron chi connectivity index (χ3n) is 4.34. The molecule has 148 valence electrons. The highest BCUT2D eigenvalue weighted by atomic mass is 32.1. The molecule has 0 spiro atoms. The third kappa shape index (κ3) is 5.36. The molecule has 7 N–H and O–H groups in total. The number of nitrogens with zero attached hydrogens (tertiary/aromatic N) is 2. The number of thiocarbonyl (C=S) groups is 1. The second kappa shape index (κ2) is 8.61. The Kier molecular flexibility index (Phi) is 6.71. The van der Waals surface area contributed by atoms with E-state index in [4.69, 9.17) is 29.1 Å². The highest BCUT2D eigenvalue weighted by molar-refractivity contribution is 7.80. The maximum atomic E-state index is 13.8. The van der Waals surface area contributed by atoms with Crippen molar-refractivity contribution in [3.63, 3.8) is 0 Å². The molecular weight excluding hydrogens is 376 g/mol. The van der Waals surface area contributed by atoms with Crippen LogP contribution in [0.15, 0.2) is 6.20 Å². The van der Waals surface area contributed by atoms with Gasteiger partial charge in [-0.05, 0) is 19.3 Å². The molecule has 1 heterocycles. The van der Waals surface area contributed by atoms with Gasteiger partial charge in [0.05, 0.1) is 17.2 Å². The lowest BCUT2D eigenvalue weighted by atomic mass is 9.87. The maximum absolute atomic E-state index is 13.8. The molecule has 2 unspecified atom stereocenters. The molecule has 0 bridgehead atoms. The molecule has 0 radical (unpaired) electrons. The number of hydrogen-bond donors (Lipinski definition) is 5. The van der Waals surface area contributed by atoms with Crippen molar-refractivity contribution in [1.29, 1.82) is 5.41 Å². The molecule has 1 amide bonds. The van der Waals surface area contributed by atoms with Crippen molar-refractivity contribution < 1.29 is 13.6 Å². The fourth-order valence-corrected chi connectivity index (χ4v) is 3.04. The second-order valence-electron chi connectivity index (χ2n) is 6.43. The highest BCUT2D eigenvalue weighted by Gasteiger charge is 2.44. The average molecular weight is 399 g/mol. The van der Waals surface area contributed by atoms with Gasteiger partial charge in [0.1, 0.15) is 5.82 Å². The summed E-state index contributed by atoms with van der Waals surface area (Å²) in [6, 6.07) is -2.04. The molecule has 11 heteroatoms. The average Bonchev–Trinajstić information content (AvgIpc) is 2.58. The quantitative estimate of drug-likeness (QED) is 0.349. The lowest BCUT2D eigenvalue weighted by Gasteiger charge is -2.36. The lowest BCUT2D eigenvalue weighted by molar-refractivity contribution is -0.0554. The van der Waals surface area contributed by atoms with Gasteiger partial charge in [-0.2, -0.15) is 0 Å². The Bertz CT molecular complexity index is 743. The standard InChI is InChI=1S/C16H23F2N7OS/c1-2-8(19)6-11(27)25-15-12(14(21)26)22-7-10(24-15)23-9-4-3-5-16(17,18)13(9)20/h7,9,13,19H,2-6,20H2,1H3,(H2,21,26)(H2,23,24,25,27). The molecule has 1 fully saturated rings. The topological polar surface area (TPSA) is 143 Å². The van der Waals surface area contributed by atoms with Gasteiger partial charge in [0.15, 0.2) is 11.5 Å². The second-order valence-corrected chi connectivity index (χ2v) is 6.92. The van der Waals surface area contributed by atoms with Gasteiger partial charge < -0.3 is 27.5 Å². The highest BCUT2D eigenvalue weighted by Crippen LogP contribution is 2.33. The first kappa shape index (κ1) is 21.0. The van der Waals surface area contributed by atoms with E-state index in [1.165, 1.54) is 6.20 Å². The molecule has 0 saturated heterocycles. The normalized spacial score (nSPS) is 21.3. The number of hydrogen-bond acceptors (Lipinski definition) is 7. The molecule has 1 aromatic rings. The van der Waals surface area contributed by atoms with Gasteiger partial charge in [0.2, 0.25) is 0 Å². The van der Waals surface area contributed by atoms with Crippen molar-refractivity contribution in [3.05, 3.63) is 11.9 Å². The summed E-state index contributed by atoms with van der Waals surface area (Å²) in [5, 5.41) is 13.3. The predicted molar refractivity (Wildman–Crippen MR) is 104 cm³/mol. The minimum Gasteiger partial charge on any atom is -0.364 e. The summed E-state index contributed by atoms with van der Waals surface area (Å²) in [5.74, 6) is -3.59. The van der Waals surface area contributed by atoms with Gasteiger partial charge in [-0.3, -0.25) is 4.79 Å². The number of anilines is 2. The first-order valence-electron chi connectivity index (χ1n) is 8.57. The molecular formula is C16H23F2N7OS. The van der Waals surface area contributed by atoms with E-state index in [-0.39, 0.29) is 35.2 Å². The number of aromatic nitrogens is 2. The van der Waals surface area contributed by atoms with E-state index in [1.54, 1.807) is 0 Å². The van der Waals surface area contributed by atoms with Crippen molar-refractivity contribution >= 4 is 40.5 Å². The van der Waals surface area contributed by atoms with Crippen LogP contribution in [0.25, 0.3) is 0 Å². The molecule has 0 aromatic carbocycles. The predicted octanol–water partition coefficient (Wildman–Crippen LogP) is 2.06. The number of carbonyl (C=O) groups is 1. The van der Waals surface area contributed by atoms with Crippen LogP contribution in [0.5, 0.6) is 0 Å². The Hall–Kier alpha value is -2.27. The summed E-state index contributed by atoms with van der Waals surface area (Å²) in [7, 11) is 0. The smallest absolute Gasteiger partial charge is 0.271 e. The van der Waals surface area contributed by atoms with Crippen LogP contribution in [0.3, 0.4) is 0 Å². The first-order valence-corrected chi connectivity index (χ1v) is 8.97. The van der Waals surface area contributed by atoms with E-state index in [1.807, 2.05) is 6.92 Å². The number of rotatable bonds is 7. The van der Waals surface area contributed by atoms with Crippen LogP contribution >= 0.6 is 12.2 Å². The Morgan fingerprint density at radius 2 is 2.22 bits per heavy atom. The largest absolute Gasteiger partial charge is 0.364 e. The Labute approximate surface area is 161 Å². The minimum atomic E-state index is -2.96. The molecule has 2 rings (SSSR count). The fourth-order valence-electron chi connectivity index (χ4n) is 2.77. The summed E-state index contributed by atoms with van der Waals surface area (Å²) in [6.45, 7) is 1.83. The summed E-state index contributed by atoms with van der Waals surface area (Å²) in [6.07, 6.45) is 2.52. The zero-order chi connectivity index (χ0) is 20.2. The summed E-state index contributed by atoms with van der Waals surface area (Å²) in [5.41, 5.74) is 11.3. The number of nitrogens with two attached hydrogens (primary N) is 2. The SMILES string of the molecule is CCC(=N)CC(=S)Nc1nc(NC2CCCC(F)(F)C2N)cnc1C(N)=O. The number of halogens is 2. The van der Waals surface area contributed by atoms with E-state index in [2.05, 4.69) is 20.6 Å². The zero-order valence-corrected chi connectivity index (χ0v) is 15.7. The molecule has 8 nitrogen and oxygen atoms in total. The molecule has 0 aliphatic heterocycles. The number of amides is 1. The third-order valence-corrected chi connectivity index (χ3v) is 4.59. The van der Waals surface area contributed by atoms with Crippen LogP contribution in [0.4, 0.5) is 20.4 Å². The summed E-state index contributed by atoms with van der Waals surface area (Å²) in [4.78, 5) is 20.0. The number of nitrogens with one attached hydrogen (secondary N) is 3. The van der Waals surface area contributed by atoms with Crippen LogP contribution in [0, 0.1) is 5.41 Å². The van der Waals surface area contributed by atoms with Crippen LogP contribution in [0.1, 0.15) is 49.5 Å². The van der Waals surface area contributed by atoms with E-state index in [0.717, 1.165) is 0 Å². The zero-order valence-electron chi connectivity index (χ0n) is 14.9. The van der Waals surface area contributed by atoms with E-state index in [0.29, 0.717) is 25.0 Å². The Morgan fingerprint density at radius 1 is 1.52 bits per heavy atom. The summed E-state index contributed by atoms with van der Waals surface area (Å²) < 4.78 is 27.6. The van der Waals surface area contributed by atoms with Crippen molar-refractivity contribution in [2.75, 3.05) is 10.6 Å². The molecule has 2 atom stereocenters. The van der Waals surface area contributed by atoms with Crippen LogP contribution in [-0.4, -0.2) is 44.6 Å². The van der Waals surface area contributed by atoms with Crippen molar-refractivity contribution in [2.24, 2.45) is 11.5 Å². The minimum absolute atomic E-state index is 0.0116. The monoisotopic (exact) mass is 399 g/mol. The van der Waals surface area contributed by atoms with E-state index in [9.17, 15) is 13.6 Å². The van der Waals surface area contributed by atoms with Crippen LogP contribution in [0.2, 0.25) is 0 Å². The van der Waals surface area contributed by atoms with Gasteiger partial charge >= 0.3 is 0 Å². The van der Waals surface area contributed by atoms with Crippen LogP contribution < -0.4 is 22.1 Å². The molecule has 27 heavy (non-hydrogen) atoms. The number of primary amides is 1. The van der Waals surface area contributed by atoms with E-state index < -0.39 is 23.9 Å². The molecule has 1 aliphatic rings. The van der Waals surface area contributed by atoms with Gasteiger partial charge in [-0.25, -0.2) is 18.7 Å². The first-order chi connectivity index (χ1) is 12.6. The molecule has 1 aromatic heterocycles. The lowest BCUT2D eigenvalue weighted by Crippen LogP contribution is -2.55. The molecule has 1 saturated carbocycles. The number of carbonyl (C=O) groups excluding carboxylic acids is 1. The van der Waals surface area contributed by atoms with Crippen molar-refractivity contribution in [1.82, 2.24) is 9.97 Å². The van der Waals surface area contributed by atoms with Crippen molar-refractivity contribution in [3.8, 4) is 0 Å². The van der Waals surface area contributed by atoms with Gasteiger partial charge in [0.25, 0.3) is 11.8 Å². The Balaban J connectivity index is 2.20. The van der Waals surface area contributed by atoms with Gasteiger partial charge in [0, 0.05) is 24.6 Å². The van der Waals surface area contributed by atoms with Gasteiger partial charge in [-0.15, -0.1) is 0 Å². The van der Waals surface area contributed by atoms with Crippen LogP contribution in [-0.2, 0) is 0 Å². The van der Waals surface area contributed by atoms with Crippen molar-refractivity contribution in [2.45, 2.75) is 57.0 Å². The number of alkyl halides is 2.